The second-order valence-electron chi connectivity index (χ2n) is 5.51. The highest BCUT2D eigenvalue weighted by molar-refractivity contribution is 5.92. The topological polar surface area (TPSA) is 67.8 Å². The summed E-state index contributed by atoms with van der Waals surface area (Å²) in [5, 5.41) is 12.4. The first kappa shape index (κ1) is 15.2. The van der Waals surface area contributed by atoms with Crippen LogP contribution in [0.4, 0.5) is 5.69 Å². The molecule has 23 heavy (non-hydrogen) atoms. The molecule has 0 spiro atoms. The fraction of sp³-hybridized carbons (Fsp3) is 0.278. The number of rotatable bonds is 5. The number of hydrogen-bond donors (Lipinski definition) is 2. The van der Waals surface area contributed by atoms with E-state index in [1.807, 2.05) is 12.1 Å². The number of carbonyl (C=O) groups is 1. The molecule has 1 aliphatic rings. The summed E-state index contributed by atoms with van der Waals surface area (Å²) in [7, 11) is 1.47. The van der Waals surface area contributed by atoms with Crippen LogP contribution in [0.3, 0.4) is 0 Å². The first-order valence-electron chi connectivity index (χ1n) is 7.57. The van der Waals surface area contributed by atoms with Gasteiger partial charge in [0.1, 0.15) is 5.75 Å². The first-order valence-corrected chi connectivity index (χ1v) is 7.57. The molecular weight excluding hydrogens is 294 g/mol. The van der Waals surface area contributed by atoms with Crippen LogP contribution in [0.25, 0.3) is 0 Å². The molecule has 0 heterocycles. The Balaban J connectivity index is 1.56. The summed E-state index contributed by atoms with van der Waals surface area (Å²) in [4.78, 5) is 11.9. The molecule has 1 aliphatic carbocycles. The Morgan fingerprint density at radius 3 is 2.78 bits per heavy atom. The van der Waals surface area contributed by atoms with Gasteiger partial charge in [0, 0.05) is 11.8 Å². The molecule has 2 aromatic rings. The van der Waals surface area contributed by atoms with E-state index in [4.69, 9.17) is 9.47 Å². The van der Waals surface area contributed by atoms with Crippen LogP contribution >= 0.6 is 0 Å². The number of amides is 1. The molecule has 2 aromatic carbocycles. The van der Waals surface area contributed by atoms with Crippen LogP contribution in [0.2, 0.25) is 0 Å². The van der Waals surface area contributed by atoms with Crippen molar-refractivity contribution in [3.63, 3.8) is 0 Å². The van der Waals surface area contributed by atoms with Crippen LogP contribution < -0.4 is 14.8 Å². The van der Waals surface area contributed by atoms with E-state index in [0.29, 0.717) is 17.2 Å². The van der Waals surface area contributed by atoms with Gasteiger partial charge in [-0.05, 0) is 54.7 Å². The average molecular weight is 313 g/mol. The van der Waals surface area contributed by atoms with Crippen molar-refractivity contribution in [2.45, 2.75) is 19.3 Å². The zero-order valence-corrected chi connectivity index (χ0v) is 13.0. The van der Waals surface area contributed by atoms with E-state index in [1.54, 1.807) is 12.1 Å². The average Bonchev–Trinajstić information content (AvgIpc) is 3.01. The number of benzene rings is 2. The third-order valence-electron chi connectivity index (χ3n) is 3.90. The minimum atomic E-state index is -0.282. The van der Waals surface area contributed by atoms with Crippen LogP contribution in [0.1, 0.15) is 17.5 Å². The number of methoxy groups -OCH3 is 1. The first-order chi connectivity index (χ1) is 11.2. The maximum absolute atomic E-state index is 11.9. The number of carbonyl (C=O) groups excluding carboxylic acids is 1. The Kier molecular flexibility index (Phi) is 4.37. The number of ether oxygens (including phenoxy) is 2. The molecule has 0 fully saturated rings. The van der Waals surface area contributed by atoms with Crippen molar-refractivity contribution >= 4 is 11.6 Å². The van der Waals surface area contributed by atoms with Gasteiger partial charge in [0.15, 0.2) is 18.1 Å². The van der Waals surface area contributed by atoms with E-state index in [0.717, 1.165) is 12.8 Å². The quantitative estimate of drug-likeness (QED) is 0.890. The van der Waals surface area contributed by atoms with Crippen LogP contribution in [-0.4, -0.2) is 24.7 Å². The summed E-state index contributed by atoms with van der Waals surface area (Å²) in [6.45, 7) is -0.0778. The third-order valence-corrected chi connectivity index (χ3v) is 3.90. The number of aryl methyl sites for hydroxylation is 2. The largest absolute Gasteiger partial charge is 0.504 e. The van der Waals surface area contributed by atoms with Gasteiger partial charge in [-0.1, -0.05) is 6.07 Å². The van der Waals surface area contributed by atoms with Gasteiger partial charge in [0.05, 0.1) is 7.11 Å². The van der Waals surface area contributed by atoms with Gasteiger partial charge in [0.25, 0.3) is 5.91 Å². The highest BCUT2D eigenvalue weighted by Gasteiger charge is 2.12. The zero-order chi connectivity index (χ0) is 16.2. The number of phenols is 1. The summed E-state index contributed by atoms with van der Waals surface area (Å²) in [6.07, 6.45) is 3.38. The van der Waals surface area contributed by atoms with Crippen molar-refractivity contribution < 1.29 is 19.4 Å². The van der Waals surface area contributed by atoms with E-state index < -0.39 is 0 Å². The predicted octanol–water partition coefficient (Wildman–Crippen LogP) is 2.91. The molecule has 2 N–H and O–H groups in total. The normalized spacial score (nSPS) is 12.6. The second-order valence-corrected chi connectivity index (χ2v) is 5.51. The van der Waals surface area contributed by atoms with Crippen molar-refractivity contribution in [2.75, 3.05) is 19.0 Å². The molecule has 120 valence electrons. The van der Waals surface area contributed by atoms with Crippen molar-refractivity contribution in [1.29, 1.82) is 0 Å². The van der Waals surface area contributed by atoms with Crippen LogP contribution in [0, 0.1) is 0 Å². The zero-order valence-electron chi connectivity index (χ0n) is 13.0. The van der Waals surface area contributed by atoms with Crippen LogP contribution in [0.15, 0.2) is 36.4 Å². The van der Waals surface area contributed by atoms with Crippen molar-refractivity contribution in [2.24, 2.45) is 0 Å². The molecule has 0 radical (unpaired) electrons. The van der Waals surface area contributed by atoms with Gasteiger partial charge in [-0.3, -0.25) is 4.79 Å². The standard InChI is InChI=1S/C18H19NO4/c1-22-17-8-6-14(10-16(17)20)19-18(21)11-23-15-7-5-12-3-2-4-13(12)9-15/h5-10,20H,2-4,11H2,1H3,(H,19,21). The Labute approximate surface area is 134 Å². The Hall–Kier alpha value is -2.69. The summed E-state index contributed by atoms with van der Waals surface area (Å²) in [5.74, 6) is 0.760. The molecule has 5 nitrogen and oxygen atoms in total. The van der Waals surface area contributed by atoms with Gasteiger partial charge in [0.2, 0.25) is 0 Å². The molecule has 0 saturated heterocycles. The predicted molar refractivity (Wildman–Crippen MR) is 87.3 cm³/mol. The number of phenolic OH excluding ortho intramolecular Hbond substituents is 1. The van der Waals surface area contributed by atoms with Crippen LogP contribution in [0.5, 0.6) is 17.2 Å². The lowest BCUT2D eigenvalue weighted by Crippen LogP contribution is -2.20. The Morgan fingerprint density at radius 2 is 2.00 bits per heavy atom. The molecular formula is C18H19NO4. The number of anilines is 1. The third kappa shape index (κ3) is 3.56. The summed E-state index contributed by atoms with van der Waals surface area (Å²) in [5.41, 5.74) is 3.17. The molecule has 1 amide bonds. The lowest BCUT2D eigenvalue weighted by Gasteiger charge is -2.10. The van der Waals surface area contributed by atoms with E-state index in [-0.39, 0.29) is 18.3 Å². The highest BCUT2D eigenvalue weighted by Crippen LogP contribution is 2.28. The molecule has 5 heteroatoms. The second kappa shape index (κ2) is 6.60. The van der Waals surface area contributed by atoms with Gasteiger partial charge < -0.3 is 19.9 Å². The van der Waals surface area contributed by atoms with Gasteiger partial charge >= 0.3 is 0 Å². The summed E-state index contributed by atoms with van der Waals surface area (Å²) < 4.78 is 10.5. The van der Waals surface area contributed by atoms with E-state index in [1.165, 1.54) is 30.7 Å². The maximum Gasteiger partial charge on any atom is 0.262 e. The van der Waals surface area contributed by atoms with Crippen molar-refractivity contribution in [3.8, 4) is 17.2 Å². The molecule has 0 saturated carbocycles. The van der Waals surface area contributed by atoms with Crippen molar-refractivity contribution in [1.82, 2.24) is 0 Å². The molecule has 0 atom stereocenters. The number of aromatic hydroxyl groups is 1. The lowest BCUT2D eigenvalue weighted by molar-refractivity contribution is -0.118. The summed E-state index contributed by atoms with van der Waals surface area (Å²) >= 11 is 0. The minimum Gasteiger partial charge on any atom is -0.504 e. The Bertz CT molecular complexity index is 727. The Morgan fingerprint density at radius 1 is 1.17 bits per heavy atom. The van der Waals surface area contributed by atoms with Crippen molar-refractivity contribution in [3.05, 3.63) is 47.5 Å². The molecule has 3 rings (SSSR count). The lowest BCUT2D eigenvalue weighted by atomic mass is 10.1. The molecule has 0 aromatic heterocycles. The highest BCUT2D eigenvalue weighted by atomic mass is 16.5. The molecule has 0 unspecified atom stereocenters. The molecule has 0 bridgehead atoms. The summed E-state index contributed by atoms with van der Waals surface area (Å²) in [6, 6.07) is 10.7. The monoisotopic (exact) mass is 313 g/mol. The van der Waals surface area contributed by atoms with E-state index in [9.17, 15) is 9.90 Å². The van der Waals surface area contributed by atoms with Gasteiger partial charge in [-0.25, -0.2) is 0 Å². The number of nitrogens with one attached hydrogen (secondary N) is 1. The molecule has 0 aliphatic heterocycles. The van der Waals surface area contributed by atoms with E-state index >= 15 is 0 Å². The maximum atomic E-state index is 11.9. The van der Waals surface area contributed by atoms with Gasteiger partial charge in [-0.2, -0.15) is 0 Å². The smallest absolute Gasteiger partial charge is 0.262 e. The van der Waals surface area contributed by atoms with Crippen LogP contribution in [-0.2, 0) is 17.6 Å². The van der Waals surface area contributed by atoms with E-state index in [2.05, 4.69) is 11.4 Å². The van der Waals surface area contributed by atoms with Gasteiger partial charge in [-0.15, -0.1) is 0 Å². The fourth-order valence-electron chi connectivity index (χ4n) is 2.75. The SMILES string of the molecule is COc1ccc(NC(=O)COc2ccc3c(c2)CCC3)cc1O. The number of fused-ring (bicyclic) bond motifs is 1. The number of hydrogen-bond acceptors (Lipinski definition) is 4. The minimum absolute atomic E-state index is 0.0233. The fourth-order valence-corrected chi connectivity index (χ4v) is 2.75.